The minimum atomic E-state index is 0.138. The summed E-state index contributed by atoms with van der Waals surface area (Å²) in [5.41, 5.74) is 1.03. The van der Waals surface area contributed by atoms with Gasteiger partial charge in [-0.15, -0.1) is 10.2 Å². The first-order valence-corrected chi connectivity index (χ1v) is 7.33. The molecule has 0 radical (unpaired) electrons. The second kappa shape index (κ2) is 5.36. The van der Waals surface area contributed by atoms with E-state index in [-0.39, 0.29) is 5.91 Å². The molecule has 1 aromatic carbocycles. The van der Waals surface area contributed by atoms with Crippen LogP contribution in [0.1, 0.15) is 17.2 Å². The lowest BCUT2D eigenvalue weighted by Crippen LogP contribution is -2.39. The van der Waals surface area contributed by atoms with Crippen LogP contribution in [0.2, 0.25) is 0 Å². The minimum absolute atomic E-state index is 0.138. The summed E-state index contributed by atoms with van der Waals surface area (Å²) in [7, 11) is 0. The fourth-order valence-corrected chi connectivity index (χ4v) is 2.67. The van der Waals surface area contributed by atoms with Gasteiger partial charge in [-0.2, -0.15) is 0 Å². The standard InChI is InChI=1S/C14H15BrN4O/c1-10-16-17-13-9-18(6-7-19(10)13)14(20)8-11-2-4-12(15)5-3-11/h2-5H,6-9H2,1H3. The van der Waals surface area contributed by atoms with E-state index in [1.54, 1.807) is 0 Å². The molecule has 0 bridgehead atoms. The molecule has 0 unspecified atom stereocenters. The van der Waals surface area contributed by atoms with Crippen molar-refractivity contribution in [1.82, 2.24) is 19.7 Å². The van der Waals surface area contributed by atoms with E-state index in [1.807, 2.05) is 36.1 Å². The van der Waals surface area contributed by atoms with Gasteiger partial charge < -0.3 is 9.47 Å². The van der Waals surface area contributed by atoms with Crippen molar-refractivity contribution >= 4 is 21.8 Å². The van der Waals surface area contributed by atoms with Gasteiger partial charge in [-0.1, -0.05) is 28.1 Å². The summed E-state index contributed by atoms with van der Waals surface area (Å²) in [6, 6.07) is 7.86. The second-order valence-corrected chi connectivity index (χ2v) is 5.85. The average Bonchev–Trinajstić information content (AvgIpc) is 2.82. The molecule has 5 nitrogen and oxygen atoms in total. The van der Waals surface area contributed by atoms with Gasteiger partial charge >= 0.3 is 0 Å². The molecule has 2 heterocycles. The molecular weight excluding hydrogens is 320 g/mol. The van der Waals surface area contributed by atoms with Crippen molar-refractivity contribution in [3.05, 3.63) is 46.0 Å². The lowest BCUT2D eigenvalue weighted by molar-refractivity contribution is -0.132. The predicted octanol–water partition coefficient (Wildman–Crippen LogP) is 1.93. The number of fused-ring (bicyclic) bond motifs is 1. The molecule has 6 heteroatoms. The van der Waals surface area contributed by atoms with Gasteiger partial charge in [0.05, 0.1) is 13.0 Å². The zero-order chi connectivity index (χ0) is 14.1. The Morgan fingerprint density at radius 3 is 2.75 bits per heavy atom. The Bertz CT molecular complexity index is 635. The third-order valence-electron chi connectivity index (χ3n) is 3.56. The maximum Gasteiger partial charge on any atom is 0.227 e. The molecule has 0 fully saturated rings. The van der Waals surface area contributed by atoms with E-state index in [4.69, 9.17) is 0 Å². The number of hydrogen-bond acceptors (Lipinski definition) is 3. The number of nitrogens with zero attached hydrogens (tertiary/aromatic N) is 4. The third kappa shape index (κ3) is 2.60. The van der Waals surface area contributed by atoms with Gasteiger partial charge in [-0.05, 0) is 24.6 Å². The van der Waals surface area contributed by atoms with Crippen molar-refractivity contribution < 1.29 is 4.79 Å². The molecule has 0 spiro atoms. The van der Waals surface area contributed by atoms with Crippen LogP contribution in [0.5, 0.6) is 0 Å². The highest BCUT2D eigenvalue weighted by atomic mass is 79.9. The molecule has 0 N–H and O–H groups in total. The Labute approximate surface area is 125 Å². The molecule has 1 aliphatic heterocycles. The summed E-state index contributed by atoms with van der Waals surface area (Å²) >= 11 is 3.40. The van der Waals surface area contributed by atoms with Gasteiger partial charge in [-0.25, -0.2) is 0 Å². The Hall–Kier alpha value is -1.69. The summed E-state index contributed by atoms with van der Waals surface area (Å²) in [5, 5.41) is 8.18. The van der Waals surface area contributed by atoms with E-state index in [2.05, 4.69) is 30.7 Å². The van der Waals surface area contributed by atoms with Crippen molar-refractivity contribution in [3.8, 4) is 0 Å². The first-order chi connectivity index (χ1) is 9.63. The number of aromatic nitrogens is 3. The van der Waals surface area contributed by atoms with Crippen LogP contribution in [0.15, 0.2) is 28.7 Å². The molecule has 2 aromatic rings. The van der Waals surface area contributed by atoms with E-state index in [1.165, 1.54) is 0 Å². The molecule has 1 amide bonds. The fourth-order valence-electron chi connectivity index (χ4n) is 2.40. The fraction of sp³-hybridized carbons (Fsp3) is 0.357. The number of rotatable bonds is 2. The molecule has 0 aliphatic carbocycles. The lowest BCUT2D eigenvalue weighted by Gasteiger charge is -2.27. The second-order valence-electron chi connectivity index (χ2n) is 4.93. The quantitative estimate of drug-likeness (QED) is 0.843. The summed E-state index contributed by atoms with van der Waals surface area (Å²) in [6.45, 7) is 3.99. The Balaban J connectivity index is 1.68. The Morgan fingerprint density at radius 1 is 1.25 bits per heavy atom. The van der Waals surface area contributed by atoms with Crippen LogP contribution in [0.3, 0.4) is 0 Å². The molecular formula is C14H15BrN4O. The van der Waals surface area contributed by atoms with Crippen LogP contribution in [-0.4, -0.2) is 32.1 Å². The van der Waals surface area contributed by atoms with Crippen LogP contribution >= 0.6 is 15.9 Å². The SMILES string of the molecule is Cc1nnc2n1CCN(C(=O)Cc1ccc(Br)cc1)C2. The average molecular weight is 335 g/mol. The maximum atomic E-state index is 12.3. The molecule has 0 atom stereocenters. The van der Waals surface area contributed by atoms with Crippen LogP contribution < -0.4 is 0 Å². The van der Waals surface area contributed by atoms with Gasteiger partial charge in [0.25, 0.3) is 0 Å². The molecule has 20 heavy (non-hydrogen) atoms. The predicted molar refractivity (Wildman–Crippen MR) is 78.0 cm³/mol. The van der Waals surface area contributed by atoms with Gasteiger partial charge in [0.1, 0.15) is 5.82 Å². The first kappa shape index (κ1) is 13.3. The van der Waals surface area contributed by atoms with Crippen molar-refractivity contribution in [2.24, 2.45) is 0 Å². The summed E-state index contributed by atoms with van der Waals surface area (Å²) in [4.78, 5) is 14.2. The van der Waals surface area contributed by atoms with Crippen LogP contribution in [0.4, 0.5) is 0 Å². The zero-order valence-corrected chi connectivity index (χ0v) is 12.8. The smallest absolute Gasteiger partial charge is 0.227 e. The highest BCUT2D eigenvalue weighted by Crippen LogP contribution is 2.15. The normalized spacial score (nSPS) is 14.2. The maximum absolute atomic E-state index is 12.3. The number of halogens is 1. The third-order valence-corrected chi connectivity index (χ3v) is 4.09. The molecule has 0 saturated carbocycles. The summed E-state index contributed by atoms with van der Waals surface area (Å²) in [6.07, 6.45) is 0.431. The number of amides is 1. The Kier molecular flexibility index (Phi) is 3.56. The van der Waals surface area contributed by atoms with E-state index >= 15 is 0 Å². The summed E-state index contributed by atoms with van der Waals surface area (Å²) < 4.78 is 3.10. The van der Waals surface area contributed by atoms with E-state index in [0.29, 0.717) is 13.0 Å². The van der Waals surface area contributed by atoms with E-state index in [0.717, 1.165) is 34.8 Å². The number of benzene rings is 1. The van der Waals surface area contributed by atoms with Gasteiger partial charge in [0.15, 0.2) is 5.82 Å². The van der Waals surface area contributed by atoms with E-state index in [9.17, 15) is 4.79 Å². The number of aryl methyl sites for hydroxylation is 1. The minimum Gasteiger partial charge on any atom is -0.333 e. The van der Waals surface area contributed by atoms with E-state index < -0.39 is 0 Å². The largest absolute Gasteiger partial charge is 0.333 e. The molecule has 1 aliphatic rings. The number of hydrogen-bond donors (Lipinski definition) is 0. The molecule has 3 rings (SSSR count). The van der Waals surface area contributed by atoms with Crippen molar-refractivity contribution in [2.45, 2.75) is 26.4 Å². The highest BCUT2D eigenvalue weighted by Gasteiger charge is 2.23. The number of carbonyl (C=O) groups excluding carboxylic acids is 1. The van der Waals surface area contributed by atoms with Crippen molar-refractivity contribution in [3.63, 3.8) is 0 Å². The lowest BCUT2D eigenvalue weighted by atomic mass is 10.1. The highest BCUT2D eigenvalue weighted by molar-refractivity contribution is 9.10. The van der Waals surface area contributed by atoms with Crippen LogP contribution in [0.25, 0.3) is 0 Å². The first-order valence-electron chi connectivity index (χ1n) is 6.54. The van der Waals surface area contributed by atoms with Crippen LogP contribution in [-0.2, 0) is 24.3 Å². The van der Waals surface area contributed by atoms with Crippen LogP contribution in [0, 0.1) is 6.92 Å². The topological polar surface area (TPSA) is 51.0 Å². The molecule has 1 aromatic heterocycles. The van der Waals surface area contributed by atoms with Gasteiger partial charge in [0, 0.05) is 17.6 Å². The Morgan fingerprint density at radius 2 is 2.00 bits per heavy atom. The zero-order valence-electron chi connectivity index (χ0n) is 11.2. The molecule has 0 saturated heterocycles. The van der Waals surface area contributed by atoms with Gasteiger partial charge in [-0.3, -0.25) is 4.79 Å². The van der Waals surface area contributed by atoms with Crippen molar-refractivity contribution in [2.75, 3.05) is 6.54 Å². The molecule has 104 valence electrons. The van der Waals surface area contributed by atoms with Gasteiger partial charge in [0.2, 0.25) is 5.91 Å². The number of carbonyl (C=O) groups is 1. The monoisotopic (exact) mass is 334 g/mol. The summed E-state index contributed by atoms with van der Waals surface area (Å²) in [5.74, 6) is 1.93. The van der Waals surface area contributed by atoms with Crippen molar-refractivity contribution in [1.29, 1.82) is 0 Å².